The van der Waals surface area contributed by atoms with Gasteiger partial charge in [-0.05, 0) is 0 Å². The van der Waals surface area contributed by atoms with E-state index in [-0.39, 0.29) is 6.54 Å². The van der Waals surface area contributed by atoms with Gasteiger partial charge in [0, 0.05) is 6.54 Å². The quantitative estimate of drug-likeness (QED) is 0.717. The number of aromatic nitrogens is 1. The van der Waals surface area contributed by atoms with Gasteiger partial charge in [0.2, 0.25) is 0 Å². The Morgan fingerprint density at radius 2 is 1.86 bits per heavy atom. The van der Waals surface area contributed by atoms with Crippen molar-refractivity contribution < 1.29 is 14.6 Å². The summed E-state index contributed by atoms with van der Waals surface area (Å²) >= 11 is 0. The van der Waals surface area contributed by atoms with Gasteiger partial charge >= 0.3 is 0 Å². The van der Waals surface area contributed by atoms with Gasteiger partial charge in [-0.15, -0.1) is 0 Å². The number of aliphatic hydroxyl groups excluding tert-OH is 1. The van der Waals surface area contributed by atoms with E-state index >= 15 is 0 Å². The standard InChI is InChI=1S/C9H14N2O3/c1-13-7-4-11-5-8(14-2)9(7)6(12)3-10/h4-6,12H,3,10H2,1-2H3/t6-/m1/s1. The van der Waals surface area contributed by atoms with E-state index in [1.807, 2.05) is 0 Å². The van der Waals surface area contributed by atoms with Gasteiger partial charge in [-0.3, -0.25) is 4.98 Å². The first kappa shape index (κ1) is 10.7. The molecule has 1 aromatic heterocycles. The van der Waals surface area contributed by atoms with Gasteiger partial charge in [0.15, 0.2) is 0 Å². The smallest absolute Gasteiger partial charge is 0.146 e. The molecule has 3 N–H and O–H groups in total. The Morgan fingerprint density at radius 1 is 1.36 bits per heavy atom. The molecule has 1 heterocycles. The Hall–Kier alpha value is -1.33. The summed E-state index contributed by atoms with van der Waals surface area (Å²) in [4.78, 5) is 3.90. The molecule has 14 heavy (non-hydrogen) atoms. The predicted octanol–water partition coefficient (Wildman–Crippen LogP) is 0.0909. The third-order valence-corrected chi connectivity index (χ3v) is 1.91. The molecule has 0 aliphatic rings. The highest BCUT2D eigenvalue weighted by Crippen LogP contribution is 2.32. The van der Waals surface area contributed by atoms with Crippen LogP contribution < -0.4 is 15.2 Å². The highest BCUT2D eigenvalue weighted by molar-refractivity contribution is 5.43. The molecular weight excluding hydrogens is 184 g/mol. The number of nitrogens with zero attached hydrogens (tertiary/aromatic N) is 1. The maximum Gasteiger partial charge on any atom is 0.146 e. The number of hydrogen-bond donors (Lipinski definition) is 2. The zero-order valence-corrected chi connectivity index (χ0v) is 8.23. The summed E-state index contributed by atoms with van der Waals surface area (Å²) in [6, 6.07) is 0. The monoisotopic (exact) mass is 198 g/mol. The van der Waals surface area contributed by atoms with E-state index < -0.39 is 6.10 Å². The maximum atomic E-state index is 9.64. The maximum absolute atomic E-state index is 9.64. The van der Waals surface area contributed by atoms with E-state index in [1.165, 1.54) is 26.6 Å². The lowest BCUT2D eigenvalue weighted by Gasteiger charge is -2.15. The lowest BCUT2D eigenvalue weighted by molar-refractivity contribution is 0.177. The first-order chi connectivity index (χ1) is 6.74. The minimum atomic E-state index is -0.803. The summed E-state index contributed by atoms with van der Waals surface area (Å²) in [5, 5.41) is 9.64. The van der Waals surface area contributed by atoms with E-state index in [9.17, 15) is 5.11 Å². The first-order valence-electron chi connectivity index (χ1n) is 4.18. The molecule has 0 aliphatic heterocycles. The summed E-state index contributed by atoms with van der Waals surface area (Å²) in [6.45, 7) is 0.108. The Morgan fingerprint density at radius 3 is 2.21 bits per heavy atom. The average Bonchev–Trinajstić information content (AvgIpc) is 2.26. The third kappa shape index (κ3) is 1.94. The van der Waals surface area contributed by atoms with Gasteiger partial charge in [0.25, 0.3) is 0 Å². The second-order valence-electron chi connectivity index (χ2n) is 2.71. The van der Waals surface area contributed by atoms with Crippen molar-refractivity contribution in [2.75, 3.05) is 20.8 Å². The van der Waals surface area contributed by atoms with Crippen molar-refractivity contribution in [1.29, 1.82) is 0 Å². The zero-order chi connectivity index (χ0) is 10.6. The lowest BCUT2D eigenvalue weighted by atomic mass is 10.1. The van der Waals surface area contributed by atoms with Crippen LogP contribution in [0.3, 0.4) is 0 Å². The number of pyridine rings is 1. The number of ether oxygens (including phenoxy) is 2. The van der Waals surface area contributed by atoms with Crippen molar-refractivity contribution in [3.05, 3.63) is 18.0 Å². The van der Waals surface area contributed by atoms with E-state index in [1.54, 1.807) is 0 Å². The van der Waals surface area contributed by atoms with Crippen molar-refractivity contribution in [1.82, 2.24) is 4.98 Å². The second kappa shape index (κ2) is 4.78. The minimum Gasteiger partial charge on any atom is -0.495 e. The molecular formula is C9H14N2O3. The molecule has 0 unspecified atom stereocenters. The molecule has 5 nitrogen and oxygen atoms in total. The van der Waals surface area contributed by atoms with Crippen molar-refractivity contribution in [2.45, 2.75) is 6.10 Å². The van der Waals surface area contributed by atoms with Gasteiger partial charge in [0.1, 0.15) is 11.5 Å². The Kier molecular flexibility index (Phi) is 3.67. The summed E-state index contributed by atoms with van der Waals surface area (Å²) in [5.74, 6) is 0.949. The van der Waals surface area contributed by atoms with E-state index in [0.29, 0.717) is 17.1 Å². The summed E-state index contributed by atoms with van der Waals surface area (Å²) < 4.78 is 10.1. The lowest BCUT2D eigenvalue weighted by Crippen LogP contribution is -2.14. The SMILES string of the molecule is COc1cncc(OC)c1[C@H](O)CN. The fraction of sp³-hybridized carbons (Fsp3) is 0.444. The molecule has 0 fully saturated rings. The van der Waals surface area contributed by atoms with E-state index in [2.05, 4.69) is 4.98 Å². The highest BCUT2D eigenvalue weighted by Gasteiger charge is 2.17. The molecule has 0 aliphatic carbocycles. The van der Waals surface area contributed by atoms with Gasteiger partial charge in [0.05, 0.1) is 38.3 Å². The van der Waals surface area contributed by atoms with Crippen LogP contribution in [-0.4, -0.2) is 30.9 Å². The molecule has 0 bridgehead atoms. The van der Waals surface area contributed by atoms with Crippen LogP contribution in [0.4, 0.5) is 0 Å². The van der Waals surface area contributed by atoms with Crippen molar-refractivity contribution in [3.63, 3.8) is 0 Å². The molecule has 0 saturated carbocycles. The Bertz CT molecular complexity index is 282. The molecule has 1 rings (SSSR count). The van der Waals surface area contributed by atoms with Crippen LogP contribution >= 0.6 is 0 Å². The van der Waals surface area contributed by atoms with Gasteiger partial charge in [-0.1, -0.05) is 0 Å². The minimum absolute atomic E-state index is 0.108. The number of hydrogen-bond acceptors (Lipinski definition) is 5. The highest BCUT2D eigenvalue weighted by atomic mass is 16.5. The molecule has 1 aromatic rings. The van der Waals surface area contributed by atoms with Gasteiger partial charge in [-0.2, -0.15) is 0 Å². The van der Waals surface area contributed by atoms with E-state index in [0.717, 1.165) is 0 Å². The molecule has 5 heteroatoms. The summed E-state index contributed by atoms with van der Waals surface area (Å²) in [7, 11) is 3.01. The summed E-state index contributed by atoms with van der Waals surface area (Å²) in [6.07, 6.45) is 2.22. The molecule has 1 atom stereocenters. The normalized spacial score (nSPS) is 12.3. The van der Waals surface area contributed by atoms with Crippen LogP contribution in [0.1, 0.15) is 11.7 Å². The van der Waals surface area contributed by atoms with Crippen molar-refractivity contribution in [3.8, 4) is 11.5 Å². The van der Waals surface area contributed by atoms with Crippen LogP contribution in [0.15, 0.2) is 12.4 Å². The number of nitrogens with two attached hydrogens (primary N) is 1. The molecule has 0 saturated heterocycles. The zero-order valence-electron chi connectivity index (χ0n) is 8.23. The second-order valence-corrected chi connectivity index (χ2v) is 2.71. The van der Waals surface area contributed by atoms with E-state index in [4.69, 9.17) is 15.2 Å². The Labute approximate surface area is 82.5 Å². The molecule has 0 amide bonds. The topological polar surface area (TPSA) is 77.6 Å². The van der Waals surface area contributed by atoms with Gasteiger partial charge < -0.3 is 20.3 Å². The van der Waals surface area contributed by atoms with Crippen LogP contribution in [0.25, 0.3) is 0 Å². The molecule has 0 radical (unpaired) electrons. The third-order valence-electron chi connectivity index (χ3n) is 1.91. The van der Waals surface area contributed by atoms with Crippen molar-refractivity contribution in [2.24, 2.45) is 5.73 Å². The van der Waals surface area contributed by atoms with Crippen molar-refractivity contribution >= 4 is 0 Å². The first-order valence-corrected chi connectivity index (χ1v) is 4.18. The van der Waals surface area contributed by atoms with Crippen LogP contribution in [0, 0.1) is 0 Å². The van der Waals surface area contributed by atoms with Crippen LogP contribution in [-0.2, 0) is 0 Å². The summed E-state index contributed by atoms with van der Waals surface area (Å²) in [5.41, 5.74) is 5.90. The Balaban J connectivity index is 3.18. The largest absolute Gasteiger partial charge is 0.495 e. The fourth-order valence-corrected chi connectivity index (χ4v) is 1.20. The molecule has 0 spiro atoms. The number of aliphatic hydroxyl groups is 1. The average molecular weight is 198 g/mol. The van der Waals surface area contributed by atoms with Crippen LogP contribution in [0.5, 0.6) is 11.5 Å². The number of methoxy groups -OCH3 is 2. The predicted molar refractivity (Wildman–Crippen MR) is 51.4 cm³/mol. The molecule has 0 aromatic carbocycles. The van der Waals surface area contributed by atoms with Gasteiger partial charge in [-0.25, -0.2) is 0 Å². The number of rotatable bonds is 4. The van der Waals surface area contributed by atoms with Crippen LogP contribution in [0.2, 0.25) is 0 Å². The molecule has 78 valence electrons. The fourth-order valence-electron chi connectivity index (χ4n) is 1.20.